The van der Waals surface area contributed by atoms with E-state index in [4.69, 9.17) is 10.9 Å². The van der Waals surface area contributed by atoms with E-state index >= 15 is 0 Å². The summed E-state index contributed by atoms with van der Waals surface area (Å²) in [5.74, 6) is 0.113. The minimum atomic E-state index is -3.80. The van der Waals surface area contributed by atoms with Crippen LogP contribution in [-0.4, -0.2) is 18.9 Å². The van der Waals surface area contributed by atoms with Crippen molar-refractivity contribution in [3.63, 3.8) is 0 Å². The fraction of sp³-hybridized carbons (Fsp3) is 0.125. The van der Waals surface area contributed by atoms with Crippen LogP contribution >= 0.6 is 0 Å². The monoisotopic (exact) mass is 318 g/mol. The Morgan fingerprint density at radius 2 is 1.68 bits per heavy atom. The first-order valence-electron chi connectivity index (χ1n) is 6.70. The first kappa shape index (κ1) is 16.2. The third-order valence-corrected chi connectivity index (χ3v) is 4.29. The highest BCUT2D eigenvalue weighted by molar-refractivity contribution is 7.89. The van der Waals surface area contributed by atoms with Crippen LogP contribution < -0.4 is 10.9 Å². The molecule has 116 valence electrons. The molecule has 1 atom stereocenters. The van der Waals surface area contributed by atoms with Crippen LogP contribution in [0.25, 0.3) is 5.57 Å². The number of benzene rings is 2. The molecular weight excluding hydrogens is 300 g/mol. The first-order valence-corrected chi connectivity index (χ1v) is 8.31. The summed E-state index contributed by atoms with van der Waals surface area (Å²) in [7, 11) is -3.80. The summed E-state index contributed by atoms with van der Waals surface area (Å²) >= 11 is 0. The molecule has 0 saturated heterocycles. The second-order valence-corrected chi connectivity index (χ2v) is 6.65. The van der Waals surface area contributed by atoms with Crippen LogP contribution in [0.15, 0.2) is 60.7 Å². The van der Waals surface area contributed by atoms with E-state index in [1.54, 1.807) is 30.3 Å². The highest BCUT2D eigenvalue weighted by atomic mass is 32.2. The second-order valence-electron chi connectivity index (χ2n) is 4.86. The molecule has 0 aliphatic rings. The number of phenols is 1. The second kappa shape index (κ2) is 6.74. The van der Waals surface area contributed by atoms with Crippen molar-refractivity contribution in [3.05, 3.63) is 71.8 Å². The quantitative estimate of drug-likeness (QED) is 0.781. The zero-order valence-electron chi connectivity index (χ0n) is 11.9. The van der Waals surface area contributed by atoms with Gasteiger partial charge in [-0.05, 0) is 23.6 Å². The number of primary sulfonamides is 1. The molecule has 0 amide bonds. The third kappa shape index (κ3) is 3.94. The van der Waals surface area contributed by atoms with Gasteiger partial charge in [-0.25, -0.2) is 13.6 Å². The van der Waals surface area contributed by atoms with Gasteiger partial charge in [-0.3, -0.25) is 0 Å². The topological polar surface area (TPSA) is 106 Å². The molecule has 0 saturated carbocycles. The van der Waals surface area contributed by atoms with Crippen LogP contribution in [-0.2, 0) is 10.0 Å². The van der Waals surface area contributed by atoms with Crippen LogP contribution in [0.2, 0.25) is 0 Å². The summed E-state index contributed by atoms with van der Waals surface area (Å²) in [6.45, 7) is 0. The molecule has 0 spiro atoms. The standard InChI is InChI=1S/C16H18N2O3S/c17-16(22(18,20)21)11-10-13(12-6-2-1-3-7-12)14-8-4-5-9-15(14)19/h1-10,16,19H,11,17H2,(H2,18,20,21). The van der Waals surface area contributed by atoms with Crippen molar-refractivity contribution in [2.45, 2.75) is 11.8 Å². The highest BCUT2D eigenvalue weighted by Crippen LogP contribution is 2.30. The molecule has 5 N–H and O–H groups in total. The van der Waals surface area contributed by atoms with Gasteiger partial charge in [0.2, 0.25) is 10.0 Å². The number of para-hydroxylation sites is 1. The van der Waals surface area contributed by atoms with E-state index in [2.05, 4.69) is 0 Å². The van der Waals surface area contributed by atoms with E-state index < -0.39 is 15.4 Å². The molecule has 0 aliphatic heterocycles. The maximum atomic E-state index is 11.3. The van der Waals surface area contributed by atoms with Gasteiger partial charge in [0.15, 0.2) is 0 Å². The molecule has 5 nitrogen and oxygen atoms in total. The summed E-state index contributed by atoms with van der Waals surface area (Å²) in [6, 6.07) is 16.2. The molecule has 0 radical (unpaired) electrons. The average molecular weight is 318 g/mol. The lowest BCUT2D eigenvalue weighted by Crippen LogP contribution is -2.35. The zero-order valence-corrected chi connectivity index (χ0v) is 12.7. The van der Waals surface area contributed by atoms with E-state index in [-0.39, 0.29) is 12.2 Å². The van der Waals surface area contributed by atoms with Crippen molar-refractivity contribution in [1.29, 1.82) is 0 Å². The Balaban J connectivity index is 2.46. The lowest BCUT2D eigenvalue weighted by atomic mass is 9.96. The van der Waals surface area contributed by atoms with Crippen LogP contribution in [0.5, 0.6) is 5.75 Å². The Labute approximate surface area is 129 Å². The van der Waals surface area contributed by atoms with Gasteiger partial charge >= 0.3 is 0 Å². The molecule has 2 aromatic rings. The molecule has 0 bridgehead atoms. The smallest absolute Gasteiger partial charge is 0.225 e. The molecular formula is C16H18N2O3S. The minimum absolute atomic E-state index is 0.0530. The third-order valence-electron chi connectivity index (χ3n) is 3.26. The molecule has 1 unspecified atom stereocenters. The summed E-state index contributed by atoms with van der Waals surface area (Å²) in [5.41, 5.74) is 7.74. The van der Waals surface area contributed by atoms with E-state index in [0.29, 0.717) is 11.1 Å². The van der Waals surface area contributed by atoms with Gasteiger partial charge in [-0.2, -0.15) is 0 Å². The van der Waals surface area contributed by atoms with Gasteiger partial charge in [0, 0.05) is 5.56 Å². The molecule has 6 heteroatoms. The molecule has 2 aromatic carbocycles. The lowest BCUT2D eigenvalue weighted by Gasteiger charge is -2.12. The molecule has 0 fully saturated rings. The average Bonchev–Trinajstić information content (AvgIpc) is 2.49. The highest BCUT2D eigenvalue weighted by Gasteiger charge is 2.16. The van der Waals surface area contributed by atoms with E-state index in [1.165, 1.54) is 0 Å². The zero-order chi connectivity index (χ0) is 16.2. The van der Waals surface area contributed by atoms with Gasteiger partial charge in [0.25, 0.3) is 0 Å². The van der Waals surface area contributed by atoms with Crippen molar-refractivity contribution < 1.29 is 13.5 Å². The van der Waals surface area contributed by atoms with Crippen molar-refractivity contribution in [1.82, 2.24) is 0 Å². The maximum Gasteiger partial charge on any atom is 0.225 e. The first-order chi connectivity index (χ1) is 10.4. The molecule has 22 heavy (non-hydrogen) atoms. The lowest BCUT2D eigenvalue weighted by molar-refractivity contribution is 0.473. The van der Waals surface area contributed by atoms with Crippen LogP contribution in [0.3, 0.4) is 0 Å². The fourth-order valence-corrected chi connectivity index (χ4v) is 2.44. The maximum absolute atomic E-state index is 11.3. The molecule has 0 heterocycles. The van der Waals surface area contributed by atoms with Gasteiger partial charge in [0.1, 0.15) is 11.1 Å². The number of phenolic OH excluding ortho intramolecular Hbond substituents is 1. The molecule has 2 rings (SSSR count). The van der Waals surface area contributed by atoms with Crippen molar-refractivity contribution in [3.8, 4) is 5.75 Å². The normalized spacial score (nSPS) is 13.8. The van der Waals surface area contributed by atoms with Crippen molar-refractivity contribution >= 4 is 15.6 Å². The van der Waals surface area contributed by atoms with Gasteiger partial charge in [0.05, 0.1) is 0 Å². The number of nitrogens with two attached hydrogens (primary N) is 2. The summed E-state index contributed by atoms with van der Waals surface area (Å²) < 4.78 is 22.5. The van der Waals surface area contributed by atoms with Crippen molar-refractivity contribution in [2.24, 2.45) is 10.9 Å². The predicted octanol–water partition coefficient (Wildman–Crippen LogP) is 1.79. The Morgan fingerprint density at radius 3 is 2.27 bits per heavy atom. The summed E-state index contributed by atoms with van der Waals surface area (Å²) in [5, 5.41) is 13.9. The van der Waals surface area contributed by atoms with Gasteiger partial charge < -0.3 is 10.8 Å². The Bertz CT molecular complexity index is 771. The Hall–Kier alpha value is -2.15. The SMILES string of the molecule is NC(CC=C(c1ccccc1)c1ccccc1O)S(N)(=O)=O. The van der Waals surface area contributed by atoms with Crippen LogP contribution in [0, 0.1) is 0 Å². The van der Waals surface area contributed by atoms with Crippen LogP contribution in [0.4, 0.5) is 0 Å². The number of hydrogen-bond acceptors (Lipinski definition) is 4. The van der Waals surface area contributed by atoms with E-state index in [9.17, 15) is 13.5 Å². The largest absolute Gasteiger partial charge is 0.507 e. The Kier molecular flexibility index (Phi) is 4.97. The number of rotatable bonds is 5. The van der Waals surface area contributed by atoms with Gasteiger partial charge in [-0.15, -0.1) is 0 Å². The summed E-state index contributed by atoms with van der Waals surface area (Å²) in [6.07, 6.45) is 1.73. The number of hydrogen-bond donors (Lipinski definition) is 3. The van der Waals surface area contributed by atoms with Gasteiger partial charge in [-0.1, -0.05) is 54.6 Å². The minimum Gasteiger partial charge on any atom is -0.507 e. The van der Waals surface area contributed by atoms with Crippen molar-refractivity contribution in [2.75, 3.05) is 0 Å². The molecule has 0 aromatic heterocycles. The number of sulfonamides is 1. The molecule has 0 aliphatic carbocycles. The summed E-state index contributed by atoms with van der Waals surface area (Å²) in [4.78, 5) is 0. The number of aromatic hydroxyl groups is 1. The fourth-order valence-electron chi connectivity index (χ4n) is 2.07. The van der Waals surface area contributed by atoms with E-state index in [0.717, 1.165) is 5.56 Å². The van der Waals surface area contributed by atoms with E-state index in [1.807, 2.05) is 30.3 Å². The predicted molar refractivity (Wildman–Crippen MR) is 87.3 cm³/mol. The van der Waals surface area contributed by atoms with Crippen LogP contribution in [0.1, 0.15) is 17.5 Å². The Morgan fingerprint density at radius 1 is 1.09 bits per heavy atom.